The Morgan fingerprint density at radius 3 is 2.87 bits per heavy atom. The summed E-state index contributed by atoms with van der Waals surface area (Å²) in [6.07, 6.45) is -0.169. The molecule has 82 valence electrons. The van der Waals surface area contributed by atoms with Gasteiger partial charge in [-0.3, -0.25) is 4.84 Å². The molecule has 1 heterocycles. The molecule has 1 unspecified atom stereocenters. The van der Waals surface area contributed by atoms with E-state index < -0.39 is 0 Å². The Morgan fingerprint density at radius 2 is 2.13 bits per heavy atom. The molecule has 0 spiro atoms. The molecule has 0 aliphatic carbocycles. The molecular formula is C10H12BrNO3. The largest absolute Gasteiger partial charge is 0.486 e. The van der Waals surface area contributed by atoms with Crippen LogP contribution in [0.3, 0.4) is 0 Å². The van der Waals surface area contributed by atoms with Crippen LogP contribution in [-0.2, 0) is 4.84 Å². The molecule has 0 aromatic heterocycles. The van der Waals surface area contributed by atoms with E-state index in [0.717, 1.165) is 21.5 Å². The van der Waals surface area contributed by atoms with Crippen molar-refractivity contribution in [3.8, 4) is 11.5 Å². The van der Waals surface area contributed by atoms with Crippen LogP contribution in [0, 0.1) is 0 Å². The summed E-state index contributed by atoms with van der Waals surface area (Å²) < 4.78 is 11.8. The lowest BCUT2D eigenvalue weighted by molar-refractivity contribution is 0.0658. The van der Waals surface area contributed by atoms with Crippen LogP contribution in [0.25, 0.3) is 0 Å². The first-order valence-electron chi connectivity index (χ1n) is 4.67. The lowest BCUT2D eigenvalue weighted by atomic mass is 10.1. The van der Waals surface area contributed by atoms with E-state index in [0.29, 0.717) is 13.2 Å². The molecule has 0 amide bonds. The molecule has 1 aliphatic heterocycles. The van der Waals surface area contributed by atoms with E-state index in [1.54, 1.807) is 0 Å². The van der Waals surface area contributed by atoms with Crippen LogP contribution in [0.2, 0.25) is 0 Å². The van der Waals surface area contributed by atoms with Crippen molar-refractivity contribution in [1.29, 1.82) is 0 Å². The molecule has 4 nitrogen and oxygen atoms in total. The number of nitrogens with two attached hydrogens (primary N) is 1. The van der Waals surface area contributed by atoms with Crippen molar-refractivity contribution in [3.05, 3.63) is 22.2 Å². The number of ether oxygens (including phenoxy) is 2. The smallest absolute Gasteiger partial charge is 0.175 e. The predicted molar refractivity (Wildman–Crippen MR) is 58.8 cm³/mol. The van der Waals surface area contributed by atoms with Crippen molar-refractivity contribution >= 4 is 15.9 Å². The van der Waals surface area contributed by atoms with E-state index >= 15 is 0 Å². The van der Waals surface area contributed by atoms with Gasteiger partial charge in [-0.05, 0) is 40.5 Å². The van der Waals surface area contributed by atoms with E-state index in [4.69, 9.17) is 20.2 Å². The van der Waals surface area contributed by atoms with Crippen LogP contribution < -0.4 is 15.4 Å². The maximum absolute atomic E-state index is 5.49. The van der Waals surface area contributed by atoms with Crippen LogP contribution in [-0.4, -0.2) is 13.2 Å². The Balaban J connectivity index is 2.40. The van der Waals surface area contributed by atoms with Crippen molar-refractivity contribution in [3.63, 3.8) is 0 Å². The molecule has 0 saturated heterocycles. The molecule has 0 radical (unpaired) electrons. The van der Waals surface area contributed by atoms with Crippen LogP contribution in [0.1, 0.15) is 18.6 Å². The average Bonchev–Trinajstić information content (AvgIpc) is 2.28. The van der Waals surface area contributed by atoms with Gasteiger partial charge >= 0.3 is 0 Å². The quantitative estimate of drug-likeness (QED) is 0.840. The van der Waals surface area contributed by atoms with E-state index in [1.807, 2.05) is 19.1 Å². The summed E-state index contributed by atoms with van der Waals surface area (Å²) in [6.45, 7) is 3.02. The normalized spacial score (nSPS) is 16.2. The van der Waals surface area contributed by atoms with E-state index in [-0.39, 0.29) is 6.10 Å². The summed E-state index contributed by atoms with van der Waals surface area (Å²) in [6, 6.07) is 3.81. The van der Waals surface area contributed by atoms with Gasteiger partial charge in [0.15, 0.2) is 11.5 Å². The monoisotopic (exact) mass is 273 g/mol. The van der Waals surface area contributed by atoms with Crippen molar-refractivity contribution in [1.82, 2.24) is 0 Å². The molecule has 2 rings (SSSR count). The highest BCUT2D eigenvalue weighted by Crippen LogP contribution is 2.40. The number of fused-ring (bicyclic) bond motifs is 1. The summed E-state index contributed by atoms with van der Waals surface area (Å²) in [4.78, 5) is 4.77. The third-order valence-electron chi connectivity index (χ3n) is 2.29. The summed E-state index contributed by atoms with van der Waals surface area (Å²) in [5, 5.41) is 0. The third-order valence-corrected chi connectivity index (χ3v) is 2.88. The van der Waals surface area contributed by atoms with Crippen LogP contribution in [0.5, 0.6) is 11.5 Å². The van der Waals surface area contributed by atoms with Gasteiger partial charge in [0.1, 0.15) is 19.3 Å². The fourth-order valence-corrected chi connectivity index (χ4v) is 2.02. The lowest BCUT2D eigenvalue weighted by Gasteiger charge is -2.21. The molecule has 5 heteroatoms. The van der Waals surface area contributed by atoms with Gasteiger partial charge in [-0.25, -0.2) is 5.90 Å². The molecule has 1 aliphatic rings. The number of hydrogen-bond acceptors (Lipinski definition) is 4. The summed E-state index contributed by atoms with van der Waals surface area (Å²) in [7, 11) is 0. The van der Waals surface area contributed by atoms with Crippen molar-refractivity contribution in [2.75, 3.05) is 13.2 Å². The molecule has 0 bridgehead atoms. The summed E-state index contributed by atoms with van der Waals surface area (Å²) >= 11 is 3.43. The van der Waals surface area contributed by atoms with Gasteiger partial charge in [0.05, 0.1) is 4.47 Å². The highest BCUT2D eigenvalue weighted by molar-refractivity contribution is 9.10. The minimum absolute atomic E-state index is 0.169. The molecule has 1 atom stereocenters. The van der Waals surface area contributed by atoms with Crippen LogP contribution in [0.15, 0.2) is 16.6 Å². The SMILES string of the molecule is CC(ON)c1cc(Br)c2c(c1)OCCO2. The van der Waals surface area contributed by atoms with E-state index in [2.05, 4.69) is 15.9 Å². The maximum Gasteiger partial charge on any atom is 0.175 e. The van der Waals surface area contributed by atoms with Crippen molar-refractivity contribution in [2.45, 2.75) is 13.0 Å². The van der Waals surface area contributed by atoms with Gasteiger partial charge in [0, 0.05) is 0 Å². The maximum atomic E-state index is 5.49. The van der Waals surface area contributed by atoms with Gasteiger partial charge in [-0.1, -0.05) is 0 Å². The first-order valence-corrected chi connectivity index (χ1v) is 5.46. The zero-order valence-electron chi connectivity index (χ0n) is 8.33. The van der Waals surface area contributed by atoms with E-state index in [1.165, 1.54) is 0 Å². The minimum Gasteiger partial charge on any atom is -0.486 e. The molecule has 1 aromatic carbocycles. The second kappa shape index (κ2) is 4.38. The zero-order chi connectivity index (χ0) is 10.8. The fraction of sp³-hybridized carbons (Fsp3) is 0.400. The fourth-order valence-electron chi connectivity index (χ4n) is 1.44. The highest BCUT2D eigenvalue weighted by atomic mass is 79.9. The number of rotatable bonds is 2. The molecule has 0 saturated carbocycles. The highest BCUT2D eigenvalue weighted by Gasteiger charge is 2.18. The second-order valence-electron chi connectivity index (χ2n) is 3.31. The molecule has 0 fully saturated rings. The van der Waals surface area contributed by atoms with Gasteiger partial charge < -0.3 is 9.47 Å². The minimum atomic E-state index is -0.169. The third kappa shape index (κ3) is 2.09. The van der Waals surface area contributed by atoms with Crippen LogP contribution >= 0.6 is 15.9 Å². The van der Waals surface area contributed by atoms with Gasteiger partial charge in [-0.2, -0.15) is 0 Å². The van der Waals surface area contributed by atoms with Crippen LogP contribution in [0.4, 0.5) is 0 Å². The van der Waals surface area contributed by atoms with Gasteiger partial charge in [0.25, 0.3) is 0 Å². The Hall–Kier alpha value is -0.780. The Bertz CT molecular complexity index is 370. The first kappa shape index (κ1) is 10.7. The Kier molecular flexibility index (Phi) is 3.14. The standard InChI is InChI=1S/C10H12BrNO3/c1-6(15-12)7-4-8(11)10-9(5-7)13-2-3-14-10/h4-6H,2-3,12H2,1H3. The molecule has 1 aromatic rings. The van der Waals surface area contributed by atoms with Gasteiger partial charge in [0.2, 0.25) is 0 Å². The first-order chi connectivity index (χ1) is 7.22. The number of halogens is 1. The lowest BCUT2D eigenvalue weighted by Crippen LogP contribution is -2.16. The molecule has 2 N–H and O–H groups in total. The molecular weight excluding hydrogens is 262 g/mol. The summed E-state index contributed by atoms with van der Waals surface area (Å²) in [5.41, 5.74) is 0.952. The summed E-state index contributed by atoms with van der Waals surface area (Å²) in [5.74, 6) is 6.62. The topological polar surface area (TPSA) is 53.7 Å². The number of benzene rings is 1. The zero-order valence-corrected chi connectivity index (χ0v) is 9.91. The van der Waals surface area contributed by atoms with Gasteiger partial charge in [-0.15, -0.1) is 0 Å². The second-order valence-corrected chi connectivity index (χ2v) is 4.16. The molecule has 15 heavy (non-hydrogen) atoms. The van der Waals surface area contributed by atoms with Crippen molar-refractivity contribution in [2.24, 2.45) is 5.90 Å². The number of hydrogen-bond donors (Lipinski definition) is 1. The Labute approximate surface area is 96.4 Å². The van der Waals surface area contributed by atoms with Crippen molar-refractivity contribution < 1.29 is 14.3 Å². The average molecular weight is 274 g/mol. The predicted octanol–water partition coefficient (Wildman–Crippen LogP) is 2.17. The van der Waals surface area contributed by atoms with E-state index in [9.17, 15) is 0 Å². The Morgan fingerprint density at radius 1 is 1.40 bits per heavy atom.